The van der Waals surface area contributed by atoms with Crippen LogP contribution < -0.4 is 5.32 Å². The van der Waals surface area contributed by atoms with Crippen LogP contribution in [0.2, 0.25) is 0 Å². The highest BCUT2D eigenvalue weighted by Gasteiger charge is 2.22. The minimum atomic E-state index is 0.00645. The van der Waals surface area contributed by atoms with Gasteiger partial charge in [0, 0.05) is 0 Å². The Balaban J connectivity index is 2.77. The van der Waals surface area contributed by atoms with Crippen LogP contribution in [0.25, 0.3) is 0 Å². The zero-order valence-electron chi connectivity index (χ0n) is 20.1. The van der Waals surface area contributed by atoms with Crippen molar-refractivity contribution in [1.29, 1.82) is 0 Å². The van der Waals surface area contributed by atoms with Crippen molar-refractivity contribution in [2.24, 2.45) is 0 Å². The van der Waals surface area contributed by atoms with Gasteiger partial charge < -0.3 is 5.32 Å². The molecule has 0 spiro atoms. The molecule has 0 aliphatic heterocycles. The van der Waals surface area contributed by atoms with Crippen molar-refractivity contribution in [2.45, 2.75) is 114 Å². The van der Waals surface area contributed by atoms with Crippen molar-refractivity contribution < 1.29 is 4.79 Å². The highest BCUT2D eigenvalue weighted by molar-refractivity contribution is 8.00. The quantitative estimate of drug-likeness (QED) is 0.121. The van der Waals surface area contributed by atoms with E-state index in [1.54, 1.807) is 29.9 Å². The molecule has 1 unspecified atom stereocenters. The average molecular weight is 486 g/mol. The van der Waals surface area contributed by atoms with Gasteiger partial charge in [-0.2, -0.15) is 0 Å². The first-order valence-corrected chi connectivity index (χ1v) is 15.2. The van der Waals surface area contributed by atoms with Crippen molar-refractivity contribution in [3.05, 3.63) is 6.33 Å². The molecule has 1 aromatic heterocycles. The molecule has 178 valence electrons. The van der Waals surface area contributed by atoms with Crippen molar-refractivity contribution in [3.8, 4) is 0 Å². The zero-order valence-corrected chi connectivity index (χ0v) is 22.5. The molecule has 0 aliphatic rings. The van der Waals surface area contributed by atoms with Gasteiger partial charge in [0.25, 0.3) is 0 Å². The summed E-state index contributed by atoms with van der Waals surface area (Å²) in [4.78, 5) is 22.2. The largest absolute Gasteiger partial charge is 0.321 e. The van der Waals surface area contributed by atoms with Gasteiger partial charge in [0.05, 0.1) is 5.25 Å². The third-order valence-corrected chi connectivity index (χ3v) is 8.14. The Hall–Kier alpha value is -0.400. The van der Waals surface area contributed by atoms with Gasteiger partial charge >= 0.3 is 0 Å². The van der Waals surface area contributed by atoms with Crippen molar-refractivity contribution >= 4 is 46.9 Å². The van der Waals surface area contributed by atoms with E-state index in [-0.39, 0.29) is 11.2 Å². The number of hydrogen-bond acceptors (Lipinski definition) is 6. The normalized spacial score (nSPS) is 12.1. The lowest BCUT2D eigenvalue weighted by atomic mass is 10.1. The second-order valence-electron chi connectivity index (χ2n) is 7.69. The molecular formula is C24H43N3OS3. The molecule has 1 N–H and O–H groups in total. The van der Waals surface area contributed by atoms with E-state index in [0.29, 0.717) is 0 Å². The summed E-state index contributed by atoms with van der Waals surface area (Å²) in [7, 11) is 0. The van der Waals surface area contributed by atoms with Crippen molar-refractivity contribution in [3.63, 3.8) is 0 Å². The molecule has 0 fully saturated rings. The molecule has 0 aliphatic carbocycles. The first-order chi connectivity index (χ1) is 15.2. The fraction of sp³-hybridized carbons (Fsp3) is 0.792. The molecule has 1 amide bonds. The molecule has 1 aromatic rings. The number of carbonyl (C=O) groups excluding carboxylic acids is 1. The predicted molar refractivity (Wildman–Crippen MR) is 142 cm³/mol. The summed E-state index contributed by atoms with van der Waals surface area (Å²) in [5.74, 6) is 3.03. The number of hydrogen-bond donors (Lipinski definition) is 1. The van der Waals surface area contributed by atoms with E-state index in [2.05, 4.69) is 43.0 Å². The SMILES string of the molecule is CCCCCCCCC(SCCCCCC)C(=O)Nc1c(SCC)ncnc1SCC. The summed E-state index contributed by atoms with van der Waals surface area (Å²) < 4.78 is 0. The molecule has 0 radical (unpaired) electrons. The van der Waals surface area contributed by atoms with Gasteiger partial charge in [-0.1, -0.05) is 85.5 Å². The standard InChI is InChI=1S/C24H43N3OS3/c1-5-9-11-13-14-15-17-20(31-18-16-12-10-6-2)22(28)27-21-23(29-7-3)25-19-26-24(21)30-8-4/h19-20H,5-18H2,1-4H3,(H,27,28). The Bertz CT molecular complexity index is 577. The van der Waals surface area contributed by atoms with E-state index < -0.39 is 0 Å². The Labute approximate surface area is 203 Å². The fourth-order valence-corrected chi connectivity index (χ4v) is 5.95. The molecule has 0 aromatic carbocycles. The van der Waals surface area contributed by atoms with Gasteiger partial charge in [0.2, 0.25) is 5.91 Å². The van der Waals surface area contributed by atoms with Gasteiger partial charge in [-0.15, -0.1) is 35.3 Å². The van der Waals surface area contributed by atoms with Crippen LogP contribution in [0.15, 0.2) is 16.4 Å². The molecule has 31 heavy (non-hydrogen) atoms. The van der Waals surface area contributed by atoms with Crippen LogP contribution in [0, 0.1) is 0 Å². The Morgan fingerprint density at radius 1 is 0.839 bits per heavy atom. The smallest absolute Gasteiger partial charge is 0.237 e. The van der Waals surface area contributed by atoms with Gasteiger partial charge in [-0.25, -0.2) is 9.97 Å². The number of unbranched alkanes of at least 4 members (excludes halogenated alkanes) is 8. The van der Waals surface area contributed by atoms with Crippen LogP contribution in [-0.2, 0) is 4.79 Å². The second-order valence-corrected chi connectivity index (χ2v) is 11.5. The lowest BCUT2D eigenvalue weighted by Crippen LogP contribution is -2.26. The van der Waals surface area contributed by atoms with Crippen LogP contribution in [0.1, 0.15) is 98.3 Å². The van der Waals surface area contributed by atoms with Gasteiger partial charge in [0.15, 0.2) is 0 Å². The summed E-state index contributed by atoms with van der Waals surface area (Å²) in [6.45, 7) is 8.71. The van der Waals surface area contributed by atoms with E-state index in [4.69, 9.17) is 0 Å². The number of carbonyl (C=O) groups is 1. The zero-order chi connectivity index (χ0) is 22.7. The van der Waals surface area contributed by atoms with E-state index in [9.17, 15) is 4.79 Å². The molecule has 0 saturated carbocycles. The maximum atomic E-state index is 13.3. The minimum absolute atomic E-state index is 0.00645. The molecule has 1 rings (SSSR count). The van der Waals surface area contributed by atoms with Crippen LogP contribution in [0.5, 0.6) is 0 Å². The number of amides is 1. The maximum absolute atomic E-state index is 13.3. The minimum Gasteiger partial charge on any atom is -0.321 e. The number of thioether (sulfide) groups is 3. The fourth-order valence-electron chi connectivity index (χ4n) is 3.31. The number of aromatic nitrogens is 2. The summed E-state index contributed by atoms with van der Waals surface area (Å²) >= 11 is 5.17. The number of anilines is 1. The summed E-state index contributed by atoms with van der Waals surface area (Å²) in [5, 5.41) is 5.01. The molecule has 0 bridgehead atoms. The third kappa shape index (κ3) is 12.4. The van der Waals surface area contributed by atoms with E-state index in [0.717, 1.165) is 45.8 Å². The highest BCUT2D eigenvalue weighted by Crippen LogP contribution is 2.33. The summed E-state index contributed by atoms with van der Waals surface area (Å²) in [6, 6.07) is 0. The van der Waals surface area contributed by atoms with E-state index in [1.165, 1.54) is 57.8 Å². The Morgan fingerprint density at radius 2 is 1.39 bits per heavy atom. The van der Waals surface area contributed by atoms with Crippen LogP contribution in [0.4, 0.5) is 5.69 Å². The Morgan fingerprint density at radius 3 is 1.97 bits per heavy atom. The lowest BCUT2D eigenvalue weighted by Gasteiger charge is -2.19. The Kier molecular flexibility index (Phi) is 17.6. The number of nitrogens with zero attached hydrogens (tertiary/aromatic N) is 2. The maximum Gasteiger partial charge on any atom is 0.237 e. The molecule has 1 heterocycles. The summed E-state index contributed by atoms with van der Waals surface area (Å²) in [5.41, 5.74) is 0.811. The molecule has 1 atom stereocenters. The van der Waals surface area contributed by atoms with E-state index >= 15 is 0 Å². The van der Waals surface area contributed by atoms with Gasteiger partial charge in [-0.05, 0) is 30.1 Å². The lowest BCUT2D eigenvalue weighted by molar-refractivity contribution is -0.115. The van der Waals surface area contributed by atoms with Crippen LogP contribution in [-0.4, -0.2) is 38.4 Å². The summed E-state index contributed by atoms with van der Waals surface area (Å²) in [6.07, 6.45) is 15.1. The first kappa shape index (κ1) is 28.6. The van der Waals surface area contributed by atoms with Gasteiger partial charge in [-0.3, -0.25) is 4.79 Å². The van der Waals surface area contributed by atoms with Gasteiger partial charge in [0.1, 0.15) is 22.1 Å². The molecule has 4 nitrogen and oxygen atoms in total. The first-order valence-electron chi connectivity index (χ1n) is 12.2. The van der Waals surface area contributed by atoms with E-state index in [1.807, 2.05) is 11.8 Å². The average Bonchev–Trinajstić information content (AvgIpc) is 2.76. The molecular weight excluding hydrogens is 442 g/mol. The van der Waals surface area contributed by atoms with Crippen LogP contribution in [0.3, 0.4) is 0 Å². The van der Waals surface area contributed by atoms with Crippen LogP contribution >= 0.6 is 35.3 Å². The van der Waals surface area contributed by atoms with Crippen molar-refractivity contribution in [1.82, 2.24) is 9.97 Å². The third-order valence-electron chi connectivity index (χ3n) is 5.02. The molecule has 7 heteroatoms. The molecule has 0 saturated heterocycles. The number of nitrogens with one attached hydrogen (secondary N) is 1. The topological polar surface area (TPSA) is 54.9 Å². The predicted octanol–water partition coefficient (Wildman–Crippen LogP) is 8.07. The van der Waals surface area contributed by atoms with Crippen molar-refractivity contribution in [2.75, 3.05) is 22.6 Å². The monoisotopic (exact) mass is 485 g/mol. The second kappa shape index (κ2) is 19.1. The highest BCUT2D eigenvalue weighted by atomic mass is 32.2. The number of rotatable bonds is 19.